The third kappa shape index (κ3) is 3.06. The lowest BCUT2D eigenvalue weighted by Crippen LogP contribution is -2.19. The topological polar surface area (TPSA) is 49.4 Å². The molecular weight excluding hydrogens is 276 g/mol. The molecule has 1 N–H and O–H groups in total. The number of carbonyl (C=O) groups is 2. The molecule has 1 amide bonds. The number of anilines is 1. The van der Waals surface area contributed by atoms with Crippen LogP contribution in [0.3, 0.4) is 0 Å². The Hall–Kier alpha value is -2.10. The molecule has 0 radical (unpaired) electrons. The Labute approximate surface area is 131 Å². The first kappa shape index (κ1) is 14.8. The quantitative estimate of drug-likeness (QED) is 0.872. The third-order valence-electron chi connectivity index (χ3n) is 4.39. The molecule has 0 atom stereocenters. The minimum atomic E-state index is -0.00305. The normalized spacial score (nSPS) is 19.4. The molecule has 0 bridgehead atoms. The average molecular weight is 298 g/mol. The van der Waals surface area contributed by atoms with E-state index in [1.54, 1.807) is 0 Å². The highest BCUT2D eigenvalue weighted by atomic mass is 16.1. The van der Waals surface area contributed by atoms with Gasteiger partial charge >= 0.3 is 0 Å². The van der Waals surface area contributed by atoms with Gasteiger partial charge in [0.2, 0.25) is 5.91 Å². The Morgan fingerprint density at radius 3 is 2.77 bits per heavy atom. The molecule has 0 unspecified atom stereocenters. The number of benzene rings is 1. The van der Waals surface area contributed by atoms with Crippen LogP contribution in [0.4, 0.5) is 5.69 Å². The van der Waals surface area contributed by atoms with E-state index in [1.807, 2.05) is 25.1 Å². The van der Waals surface area contributed by atoms with Crippen molar-refractivity contribution >= 4 is 17.4 Å². The van der Waals surface area contributed by atoms with Gasteiger partial charge in [-0.1, -0.05) is 6.92 Å². The maximum Gasteiger partial charge on any atom is 0.224 e. The summed E-state index contributed by atoms with van der Waals surface area (Å²) in [5.41, 5.74) is 3.52. The summed E-state index contributed by atoms with van der Waals surface area (Å²) >= 11 is 0. The first-order valence-corrected chi connectivity index (χ1v) is 8.09. The van der Waals surface area contributed by atoms with Crippen molar-refractivity contribution in [3.63, 3.8) is 0 Å². The Morgan fingerprint density at radius 1 is 1.27 bits per heavy atom. The van der Waals surface area contributed by atoms with E-state index in [2.05, 4.69) is 16.4 Å². The SMILES string of the molecule is CCC(=O)Nc1ccc2c(c1)CCC(=CN1CCCC1)C2=O. The molecule has 0 aromatic heterocycles. The second-order valence-electron chi connectivity index (χ2n) is 6.00. The number of allylic oxidation sites excluding steroid dienone is 1. The smallest absolute Gasteiger partial charge is 0.224 e. The fourth-order valence-corrected chi connectivity index (χ4v) is 3.12. The molecular formula is C18H22N2O2. The maximum absolute atomic E-state index is 12.6. The number of aryl methyl sites for hydroxylation is 1. The van der Waals surface area contributed by atoms with E-state index in [-0.39, 0.29) is 11.7 Å². The summed E-state index contributed by atoms with van der Waals surface area (Å²) < 4.78 is 0. The molecule has 3 rings (SSSR count). The van der Waals surface area contributed by atoms with Gasteiger partial charge in [-0.25, -0.2) is 0 Å². The summed E-state index contributed by atoms with van der Waals surface area (Å²) in [5, 5.41) is 2.85. The molecule has 1 aromatic rings. The zero-order chi connectivity index (χ0) is 15.5. The van der Waals surface area contributed by atoms with Gasteiger partial charge in [-0.05, 0) is 49.4 Å². The van der Waals surface area contributed by atoms with E-state index in [4.69, 9.17) is 0 Å². The van der Waals surface area contributed by atoms with Crippen molar-refractivity contribution in [1.29, 1.82) is 0 Å². The Balaban J connectivity index is 1.80. The van der Waals surface area contributed by atoms with Crippen molar-refractivity contribution in [1.82, 2.24) is 4.90 Å². The average Bonchev–Trinajstić information content (AvgIpc) is 3.03. The van der Waals surface area contributed by atoms with Crippen molar-refractivity contribution in [3.05, 3.63) is 41.1 Å². The summed E-state index contributed by atoms with van der Waals surface area (Å²) in [6, 6.07) is 5.61. The van der Waals surface area contributed by atoms with Crippen molar-refractivity contribution < 1.29 is 9.59 Å². The maximum atomic E-state index is 12.6. The Kier molecular flexibility index (Phi) is 4.27. The molecule has 1 aliphatic heterocycles. The van der Waals surface area contributed by atoms with Gasteiger partial charge in [0.25, 0.3) is 0 Å². The van der Waals surface area contributed by atoms with Crippen LogP contribution < -0.4 is 5.32 Å². The van der Waals surface area contributed by atoms with Gasteiger partial charge in [0.1, 0.15) is 0 Å². The van der Waals surface area contributed by atoms with Gasteiger partial charge in [-0.15, -0.1) is 0 Å². The second-order valence-corrected chi connectivity index (χ2v) is 6.00. The zero-order valence-corrected chi connectivity index (χ0v) is 13.0. The summed E-state index contributed by atoms with van der Waals surface area (Å²) in [6.45, 7) is 3.95. The van der Waals surface area contributed by atoms with Gasteiger partial charge in [-0.3, -0.25) is 9.59 Å². The molecule has 1 aliphatic carbocycles. The number of hydrogen-bond acceptors (Lipinski definition) is 3. The number of nitrogens with one attached hydrogen (secondary N) is 1. The van der Waals surface area contributed by atoms with Gasteiger partial charge in [0.15, 0.2) is 5.78 Å². The molecule has 1 saturated heterocycles. The number of likely N-dealkylation sites (tertiary alicyclic amines) is 1. The number of rotatable bonds is 3. The van der Waals surface area contributed by atoms with Crippen LogP contribution in [0.1, 0.15) is 48.5 Å². The lowest BCUT2D eigenvalue weighted by molar-refractivity contribution is -0.115. The number of carbonyl (C=O) groups excluding carboxylic acids is 2. The highest BCUT2D eigenvalue weighted by Crippen LogP contribution is 2.28. The number of Topliss-reactive ketones (excluding diaryl/α,β-unsaturated/α-hetero) is 1. The third-order valence-corrected chi connectivity index (χ3v) is 4.39. The molecule has 1 aromatic carbocycles. The summed E-state index contributed by atoms with van der Waals surface area (Å²) in [6.07, 6.45) is 6.60. The van der Waals surface area contributed by atoms with E-state index in [9.17, 15) is 9.59 Å². The minimum Gasteiger partial charge on any atom is -0.377 e. The van der Waals surface area contributed by atoms with Gasteiger partial charge in [-0.2, -0.15) is 0 Å². The number of hydrogen-bond donors (Lipinski definition) is 1. The van der Waals surface area contributed by atoms with Crippen LogP contribution in [0.2, 0.25) is 0 Å². The molecule has 2 aliphatic rings. The van der Waals surface area contributed by atoms with E-state index >= 15 is 0 Å². The first-order valence-electron chi connectivity index (χ1n) is 8.09. The van der Waals surface area contributed by atoms with Crippen LogP contribution in [0, 0.1) is 0 Å². The summed E-state index contributed by atoms with van der Waals surface area (Å²) in [4.78, 5) is 26.3. The summed E-state index contributed by atoms with van der Waals surface area (Å²) in [7, 11) is 0. The fraction of sp³-hybridized carbons (Fsp3) is 0.444. The number of ketones is 1. The second kappa shape index (κ2) is 6.34. The van der Waals surface area contributed by atoms with Crippen LogP contribution >= 0.6 is 0 Å². The van der Waals surface area contributed by atoms with Crippen molar-refractivity contribution in [2.45, 2.75) is 39.0 Å². The van der Waals surface area contributed by atoms with Crippen LogP contribution in [0.5, 0.6) is 0 Å². The van der Waals surface area contributed by atoms with Gasteiger partial charge in [0.05, 0.1) is 0 Å². The van der Waals surface area contributed by atoms with Crippen LogP contribution in [0.25, 0.3) is 0 Å². The predicted molar refractivity (Wildman–Crippen MR) is 86.9 cm³/mol. The molecule has 22 heavy (non-hydrogen) atoms. The summed E-state index contributed by atoms with van der Waals surface area (Å²) in [5.74, 6) is 0.137. The fourth-order valence-electron chi connectivity index (χ4n) is 3.12. The highest BCUT2D eigenvalue weighted by Gasteiger charge is 2.23. The molecule has 4 heteroatoms. The molecule has 1 fully saturated rings. The van der Waals surface area contributed by atoms with Crippen LogP contribution in [-0.4, -0.2) is 29.7 Å². The standard InChI is InChI=1S/C18H22N2O2/c1-2-17(21)19-15-7-8-16-13(11-15)5-6-14(18(16)22)12-20-9-3-4-10-20/h7-8,11-12H,2-6,9-10H2,1H3,(H,19,21). The van der Waals surface area contributed by atoms with E-state index < -0.39 is 0 Å². The minimum absolute atomic E-state index is 0.00305. The van der Waals surface area contributed by atoms with Crippen molar-refractivity contribution in [2.75, 3.05) is 18.4 Å². The number of fused-ring (bicyclic) bond motifs is 1. The molecule has 0 spiro atoms. The monoisotopic (exact) mass is 298 g/mol. The Morgan fingerprint density at radius 2 is 2.05 bits per heavy atom. The Bertz CT molecular complexity index is 628. The lowest BCUT2D eigenvalue weighted by atomic mass is 9.87. The van der Waals surface area contributed by atoms with Gasteiger partial charge < -0.3 is 10.2 Å². The predicted octanol–water partition coefficient (Wildman–Crippen LogP) is 3.14. The molecule has 116 valence electrons. The van der Waals surface area contributed by atoms with Gasteiger partial charge in [0, 0.05) is 42.5 Å². The largest absolute Gasteiger partial charge is 0.377 e. The van der Waals surface area contributed by atoms with Crippen LogP contribution in [0.15, 0.2) is 30.0 Å². The van der Waals surface area contributed by atoms with Crippen LogP contribution in [-0.2, 0) is 11.2 Å². The molecule has 1 heterocycles. The van der Waals surface area contributed by atoms with E-state index in [0.717, 1.165) is 48.3 Å². The number of nitrogens with zero attached hydrogens (tertiary/aromatic N) is 1. The van der Waals surface area contributed by atoms with Crippen molar-refractivity contribution in [3.8, 4) is 0 Å². The lowest BCUT2D eigenvalue weighted by Gasteiger charge is -2.21. The number of amides is 1. The van der Waals surface area contributed by atoms with E-state index in [1.165, 1.54) is 12.8 Å². The van der Waals surface area contributed by atoms with Crippen molar-refractivity contribution in [2.24, 2.45) is 0 Å². The highest BCUT2D eigenvalue weighted by molar-refractivity contribution is 6.11. The molecule has 4 nitrogen and oxygen atoms in total. The van der Waals surface area contributed by atoms with E-state index in [0.29, 0.717) is 6.42 Å². The first-order chi connectivity index (χ1) is 10.7. The zero-order valence-electron chi connectivity index (χ0n) is 13.0. The molecule has 0 saturated carbocycles.